The van der Waals surface area contributed by atoms with E-state index < -0.39 is 34.9 Å². The fourth-order valence-electron chi connectivity index (χ4n) is 7.02. The van der Waals surface area contributed by atoms with Crippen LogP contribution in [0.5, 0.6) is 5.75 Å². The van der Waals surface area contributed by atoms with E-state index in [0.29, 0.717) is 72.3 Å². The summed E-state index contributed by atoms with van der Waals surface area (Å²) in [7, 11) is 0. The van der Waals surface area contributed by atoms with Gasteiger partial charge in [0, 0.05) is 5.56 Å². The van der Waals surface area contributed by atoms with Crippen molar-refractivity contribution in [1.82, 2.24) is 0 Å². The summed E-state index contributed by atoms with van der Waals surface area (Å²) in [6, 6.07) is 9.67. The van der Waals surface area contributed by atoms with E-state index >= 15 is 8.78 Å². The fourth-order valence-corrected chi connectivity index (χ4v) is 7.02. The zero-order chi connectivity index (χ0) is 31.4. The van der Waals surface area contributed by atoms with Crippen molar-refractivity contribution in [2.75, 3.05) is 6.61 Å². The largest absolute Gasteiger partial charge is 0.491 e. The molecule has 5 rings (SSSR count). The minimum absolute atomic E-state index is 0.0279. The fraction of sp³-hybridized carbons (Fsp3) is 0.459. The summed E-state index contributed by atoms with van der Waals surface area (Å²) in [4.78, 5) is 0. The van der Waals surface area contributed by atoms with Crippen molar-refractivity contribution < 1.29 is 31.1 Å². The topological polar surface area (TPSA) is 9.23 Å². The molecule has 236 valence electrons. The van der Waals surface area contributed by atoms with Gasteiger partial charge in [0.1, 0.15) is 0 Å². The SMILES string of the molecule is CCCc1ccc(C2CCC(CCc3ccc(C4CC=C(c5ccc(OCC)c(F)c5F)CC4)c(F)c3F)CC2)c(F)c1F. The average Bonchev–Trinajstić information content (AvgIpc) is 3.03. The monoisotopic (exact) mass is 614 g/mol. The number of hydrogen-bond donors (Lipinski definition) is 0. The van der Waals surface area contributed by atoms with Gasteiger partial charge in [-0.05, 0) is 129 Å². The van der Waals surface area contributed by atoms with Gasteiger partial charge in [0.15, 0.2) is 34.8 Å². The maximum absolute atomic E-state index is 15.3. The molecule has 1 unspecified atom stereocenters. The van der Waals surface area contributed by atoms with E-state index in [2.05, 4.69) is 0 Å². The van der Waals surface area contributed by atoms with Crippen molar-refractivity contribution in [3.8, 4) is 5.75 Å². The summed E-state index contributed by atoms with van der Waals surface area (Å²) in [5.74, 6) is -5.19. The third-order valence-electron chi connectivity index (χ3n) is 9.56. The van der Waals surface area contributed by atoms with Gasteiger partial charge in [-0.25, -0.2) is 22.0 Å². The van der Waals surface area contributed by atoms with Crippen molar-refractivity contribution in [2.24, 2.45) is 5.92 Å². The molecule has 0 spiro atoms. The lowest BCUT2D eigenvalue weighted by Gasteiger charge is -2.29. The third kappa shape index (κ3) is 6.72. The molecule has 7 heteroatoms. The van der Waals surface area contributed by atoms with Crippen LogP contribution in [-0.2, 0) is 12.8 Å². The predicted octanol–water partition coefficient (Wildman–Crippen LogP) is 11.1. The first-order valence-corrected chi connectivity index (χ1v) is 16.0. The second-order valence-electron chi connectivity index (χ2n) is 12.3. The van der Waals surface area contributed by atoms with E-state index in [1.165, 1.54) is 12.1 Å². The van der Waals surface area contributed by atoms with E-state index in [9.17, 15) is 17.6 Å². The highest BCUT2D eigenvalue weighted by molar-refractivity contribution is 5.68. The quantitative estimate of drug-likeness (QED) is 0.207. The van der Waals surface area contributed by atoms with Gasteiger partial charge in [-0.1, -0.05) is 43.7 Å². The van der Waals surface area contributed by atoms with Crippen LogP contribution in [0, 0.1) is 40.8 Å². The summed E-state index contributed by atoms with van der Waals surface area (Å²) in [5.41, 5.74) is 2.33. The highest BCUT2D eigenvalue weighted by Crippen LogP contribution is 2.41. The molecule has 3 aromatic carbocycles. The maximum Gasteiger partial charge on any atom is 0.201 e. The molecule has 44 heavy (non-hydrogen) atoms. The summed E-state index contributed by atoms with van der Waals surface area (Å²) in [6.45, 7) is 3.85. The summed E-state index contributed by atoms with van der Waals surface area (Å²) in [5, 5.41) is 0. The van der Waals surface area contributed by atoms with Crippen LogP contribution in [0.15, 0.2) is 42.5 Å². The third-order valence-corrected chi connectivity index (χ3v) is 9.56. The van der Waals surface area contributed by atoms with Crippen molar-refractivity contribution in [1.29, 1.82) is 0 Å². The zero-order valence-corrected chi connectivity index (χ0v) is 25.4. The highest BCUT2D eigenvalue weighted by Gasteiger charge is 2.28. The van der Waals surface area contributed by atoms with Crippen molar-refractivity contribution in [2.45, 2.75) is 96.3 Å². The molecule has 2 aliphatic carbocycles. The van der Waals surface area contributed by atoms with Crippen LogP contribution in [0.25, 0.3) is 5.57 Å². The average molecular weight is 615 g/mol. The highest BCUT2D eigenvalue weighted by atomic mass is 19.2. The number of allylic oxidation sites excluding steroid dienone is 2. The van der Waals surface area contributed by atoms with Crippen molar-refractivity contribution >= 4 is 5.57 Å². The molecule has 0 amide bonds. The Hall–Kier alpha value is -3.22. The second-order valence-corrected chi connectivity index (χ2v) is 12.3. The summed E-state index contributed by atoms with van der Waals surface area (Å²) in [6.07, 6.45) is 8.62. The Morgan fingerprint density at radius 2 is 1.27 bits per heavy atom. The number of rotatable bonds is 10. The molecule has 1 saturated carbocycles. The van der Waals surface area contributed by atoms with Crippen LogP contribution < -0.4 is 4.74 Å². The molecule has 0 aromatic heterocycles. The molecule has 3 aromatic rings. The minimum atomic E-state index is -1.02. The molecule has 0 aliphatic heterocycles. The van der Waals surface area contributed by atoms with Gasteiger partial charge in [0.25, 0.3) is 0 Å². The van der Waals surface area contributed by atoms with Gasteiger partial charge >= 0.3 is 0 Å². The van der Waals surface area contributed by atoms with Crippen LogP contribution in [0.2, 0.25) is 0 Å². The van der Waals surface area contributed by atoms with Gasteiger partial charge in [-0.15, -0.1) is 0 Å². The van der Waals surface area contributed by atoms with E-state index in [-0.39, 0.29) is 29.8 Å². The number of aryl methyl sites for hydroxylation is 2. The van der Waals surface area contributed by atoms with Gasteiger partial charge in [0.05, 0.1) is 6.61 Å². The van der Waals surface area contributed by atoms with Crippen LogP contribution in [0.1, 0.15) is 111 Å². The second kappa shape index (κ2) is 14.3. The van der Waals surface area contributed by atoms with E-state index in [0.717, 1.165) is 32.1 Å². The lowest BCUT2D eigenvalue weighted by molar-refractivity contribution is 0.303. The van der Waals surface area contributed by atoms with Crippen molar-refractivity contribution in [3.63, 3.8) is 0 Å². The maximum atomic E-state index is 15.3. The number of ether oxygens (including phenoxy) is 1. The Morgan fingerprint density at radius 1 is 0.636 bits per heavy atom. The molecule has 2 aliphatic rings. The molecular weight excluding hydrogens is 574 g/mol. The summed E-state index contributed by atoms with van der Waals surface area (Å²) >= 11 is 0. The number of benzene rings is 3. The van der Waals surface area contributed by atoms with Crippen LogP contribution in [-0.4, -0.2) is 6.61 Å². The van der Waals surface area contributed by atoms with Crippen molar-refractivity contribution in [3.05, 3.63) is 105 Å². The normalized spacial score (nSPS) is 20.5. The molecule has 0 saturated heterocycles. The molecule has 0 radical (unpaired) electrons. The Bertz CT molecular complexity index is 1500. The number of halogens is 6. The molecule has 0 heterocycles. The lowest BCUT2D eigenvalue weighted by atomic mass is 9.76. The predicted molar refractivity (Wildman–Crippen MR) is 162 cm³/mol. The van der Waals surface area contributed by atoms with Gasteiger partial charge < -0.3 is 4.74 Å². The lowest BCUT2D eigenvalue weighted by Crippen LogP contribution is -2.16. The van der Waals surface area contributed by atoms with E-state index in [1.54, 1.807) is 37.3 Å². The Morgan fingerprint density at radius 3 is 1.86 bits per heavy atom. The molecule has 1 atom stereocenters. The Balaban J connectivity index is 1.17. The van der Waals surface area contributed by atoms with Crippen LogP contribution >= 0.6 is 0 Å². The molecule has 1 fully saturated rings. The van der Waals surface area contributed by atoms with Gasteiger partial charge in [0.2, 0.25) is 5.82 Å². The van der Waals surface area contributed by atoms with Crippen LogP contribution in [0.3, 0.4) is 0 Å². The molecule has 0 bridgehead atoms. The van der Waals surface area contributed by atoms with Gasteiger partial charge in [-0.3, -0.25) is 0 Å². The number of hydrogen-bond acceptors (Lipinski definition) is 1. The molecule has 1 nitrogen and oxygen atoms in total. The van der Waals surface area contributed by atoms with E-state index in [1.807, 2.05) is 6.92 Å². The van der Waals surface area contributed by atoms with E-state index in [4.69, 9.17) is 4.74 Å². The molecular formula is C37H40F6O. The zero-order valence-electron chi connectivity index (χ0n) is 25.4. The Kier molecular flexibility index (Phi) is 10.4. The first-order valence-electron chi connectivity index (χ1n) is 16.0. The standard InChI is InChI=1S/C37H40F6O/c1-3-5-26-16-18-28(34(40)32(26)38)23-9-6-22(7-10-23)8-11-27-17-19-29(35(41)33(27)39)24-12-14-25(15-13-24)30-20-21-31(44-4-2)37(43)36(30)42/h14,16-24H,3-13,15H2,1-2H3. The summed E-state index contributed by atoms with van der Waals surface area (Å²) < 4.78 is 93.9. The Labute approximate surface area is 256 Å². The molecule has 0 N–H and O–H groups in total. The first-order chi connectivity index (χ1) is 21.2. The van der Waals surface area contributed by atoms with Crippen LogP contribution in [0.4, 0.5) is 26.3 Å². The smallest absolute Gasteiger partial charge is 0.201 e. The van der Waals surface area contributed by atoms with Gasteiger partial charge in [-0.2, -0.15) is 4.39 Å². The first kappa shape index (κ1) is 32.2. The minimum Gasteiger partial charge on any atom is -0.491 e.